The lowest BCUT2D eigenvalue weighted by molar-refractivity contribution is -0.146. The molecule has 13 heavy (non-hydrogen) atoms. The van der Waals surface area contributed by atoms with Gasteiger partial charge in [-0.25, -0.2) is 13.2 Å². The van der Waals surface area contributed by atoms with E-state index in [9.17, 15) is 13.2 Å². The second-order valence-corrected chi connectivity index (χ2v) is 4.55. The molecule has 0 saturated heterocycles. The number of rotatable bonds is 5. The molecule has 0 aromatic carbocycles. The van der Waals surface area contributed by atoms with Gasteiger partial charge in [-0.15, -0.1) is 0 Å². The Hall–Kier alpha value is -0.660. The van der Waals surface area contributed by atoms with Crippen LogP contribution < -0.4 is 0 Å². The number of carboxylic acids is 1. The fourth-order valence-electron chi connectivity index (χ4n) is 0.770. The van der Waals surface area contributed by atoms with Crippen LogP contribution in [0.5, 0.6) is 0 Å². The van der Waals surface area contributed by atoms with E-state index < -0.39 is 28.6 Å². The van der Waals surface area contributed by atoms with Crippen molar-refractivity contribution >= 4 is 16.0 Å². The summed E-state index contributed by atoms with van der Waals surface area (Å²) in [4.78, 5) is 10.2. The molecular formula is C6H13NO5S. The summed E-state index contributed by atoms with van der Waals surface area (Å²) in [5.41, 5.74) is 0. The standard InChI is InChI=1S/C6H13NO5S/c1-3-7(13(2,11)12)4-5(8)6(9)10/h5,8H,3-4H2,1-2H3,(H,9,10). The molecular weight excluding hydrogens is 198 g/mol. The molecule has 0 aromatic rings. The van der Waals surface area contributed by atoms with Gasteiger partial charge in [0.15, 0.2) is 6.10 Å². The van der Waals surface area contributed by atoms with Crippen LogP contribution in [0.15, 0.2) is 0 Å². The SMILES string of the molecule is CCN(CC(O)C(=O)O)S(C)(=O)=O. The van der Waals surface area contributed by atoms with Crippen LogP contribution in [-0.2, 0) is 14.8 Å². The lowest BCUT2D eigenvalue weighted by Gasteiger charge is -2.18. The monoisotopic (exact) mass is 211 g/mol. The molecule has 78 valence electrons. The van der Waals surface area contributed by atoms with E-state index in [1.165, 1.54) is 0 Å². The summed E-state index contributed by atoms with van der Waals surface area (Å²) < 4.78 is 22.8. The molecule has 6 nitrogen and oxygen atoms in total. The van der Waals surface area contributed by atoms with E-state index in [2.05, 4.69) is 0 Å². The van der Waals surface area contributed by atoms with Crippen LogP contribution in [0.25, 0.3) is 0 Å². The smallest absolute Gasteiger partial charge is 0.333 e. The molecule has 0 fully saturated rings. The van der Waals surface area contributed by atoms with E-state index in [0.717, 1.165) is 10.6 Å². The van der Waals surface area contributed by atoms with Gasteiger partial charge in [0, 0.05) is 6.54 Å². The van der Waals surface area contributed by atoms with Crippen LogP contribution in [0.1, 0.15) is 6.92 Å². The quantitative estimate of drug-likeness (QED) is 0.590. The van der Waals surface area contributed by atoms with E-state index in [1.807, 2.05) is 0 Å². The van der Waals surface area contributed by atoms with Crippen molar-refractivity contribution in [3.8, 4) is 0 Å². The molecule has 0 heterocycles. The van der Waals surface area contributed by atoms with Gasteiger partial charge in [0.1, 0.15) is 0 Å². The number of hydrogen-bond acceptors (Lipinski definition) is 4. The van der Waals surface area contributed by atoms with Crippen molar-refractivity contribution in [3.05, 3.63) is 0 Å². The number of aliphatic hydroxyl groups is 1. The van der Waals surface area contributed by atoms with Crippen molar-refractivity contribution in [2.75, 3.05) is 19.3 Å². The first-order chi connectivity index (χ1) is 5.79. The predicted molar refractivity (Wildman–Crippen MR) is 45.7 cm³/mol. The highest BCUT2D eigenvalue weighted by Gasteiger charge is 2.22. The first-order valence-electron chi connectivity index (χ1n) is 3.65. The van der Waals surface area contributed by atoms with Gasteiger partial charge in [0.05, 0.1) is 12.8 Å². The zero-order valence-electron chi connectivity index (χ0n) is 7.47. The van der Waals surface area contributed by atoms with Crippen molar-refractivity contribution in [1.82, 2.24) is 4.31 Å². The predicted octanol–water partition coefficient (Wildman–Crippen LogP) is -1.29. The van der Waals surface area contributed by atoms with E-state index >= 15 is 0 Å². The molecule has 0 aliphatic carbocycles. The fourth-order valence-corrected chi connectivity index (χ4v) is 1.65. The summed E-state index contributed by atoms with van der Waals surface area (Å²) in [6, 6.07) is 0. The lowest BCUT2D eigenvalue weighted by Crippen LogP contribution is -2.39. The van der Waals surface area contributed by atoms with E-state index in [0.29, 0.717) is 0 Å². The maximum Gasteiger partial charge on any atom is 0.333 e. The number of likely N-dealkylation sites (N-methyl/N-ethyl adjacent to an activating group) is 1. The van der Waals surface area contributed by atoms with Crippen molar-refractivity contribution < 1.29 is 23.4 Å². The molecule has 0 saturated carbocycles. The zero-order valence-corrected chi connectivity index (χ0v) is 8.28. The Labute approximate surface area is 76.8 Å². The number of hydrogen-bond donors (Lipinski definition) is 2. The molecule has 0 aromatic heterocycles. The van der Waals surface area contributed by atoms with Crippen molar-refractivity contribution in [1.29, 1.82) is 0 Å². The molecule has 0 bridgehead atoms. The topological polar surface area (TPSA) is 94.9 Å². The van der Waals surface area contributed by atoms with Crippen molar-refractivity contribution in [3.63, 3.8) is 0 Å². The third kappa shape index (κ3) is 4.20. The first-order valence-corrected chi connectivity index (χ1v) is 5.49. The minimum absolute atomic E-state index is 0.142. The maximum atomic E-state index is 10.9. The average molecular weight is 211 g/mol. The van der Waals surface area contributed by atoms with Gasteiger partial charge in [-0.1, -0.05) is 6.92 Å². The van der Waals surface area contributed by atoms with Gasteiger partial charge < -0.3 is 10.2 Å². The summed E-state index contributed by atoms with van der Waals surface area (Å²) >= 11 is 0. The minimum Gasteiger partial charge on any atom is -0.479 e. The largest absolute Gasteiger partial charge is 0.479 e. The molecule has 1 unspecified atom stereocenters. The fraction of sp³-hybridized carbons (Fsp3) is 0.833. The highest BCUT2D eigenvalue weighted by molar-refractivity contribution is 7.88. The van der Waals surface area contributed by atoms with Crippen LogP contribution in [0, 0.1) is 0 Å². The highest BCUT2D eigenvalue weighted by Crippen LogP contribution is 1.99. The number of aliphatic hydroxyl groups excluding tert-OH is 1. The molecule has 0 amide bonds. The lowest BCUT2D eigenvalue weighted by atomic mass is 10.3. The van der Waals surface area contributed by atoms with Crippen LogP contribution in [0.2, 0.25) is 0 Å². The van der Waals surface area contributed by atoms with Gasteiger partial charge in [-0.3, -0.25) is 0 Å². The molecule has 0 aliphatic heterocycles. The number of aliphatic carboxylic acids is 1. The Kier molecular flexibility index (Phi) is 4.31. The van der Waals surface area contributed by atoms with Gasteiger partial charge >= 0.3 is 5.97 Å². The van der Waals surface area contributed by atoms with Gasteiger partial charge in [0.2, 0.25) is 10.0 Å². The summed E-state index contributed by atoms with van der Waals surface area (Å²) in [6.07, 6.45) is -0.708. The van der Waals surface area contributed by atoms with Crippen LogP contribution in [0.4, 0.5) is 0 Å². The summed E-state index contributed by atoms with van der Waals surface area (Å²) in [5, 5.41) is 17.2. The van der Waals surface area contributed by atoms with Crippen molar-refractivity contribution in [2.24, 2.45) is 0 Å². The Morgan fingerprint density at radius 3 is 2.23 bits per heavy atom. The van der Waals surface area contributed by atoms with Gasteiger partial charge in [-0.2, -0.15) is 4.31 Å². The second-order valence-electron chi connectivity index (χ2n) is 2.57. The molecule has 0 spiro atoms. The first kappa shape index (κ1) is 12.3. The number of carboxylic acid groups (broad SMARTS) is 1. The molecule has 0 radical (unpaired) electrons. The van der Waals surface area contributed by atoms with Crippen molar-refractivity contribution in [2.45, 2.75) is 13.0 Å². The Morgan fingerprint density at radius 1 is 1.54 bits per heavy atom. The Balaban J connectivity index is 4.40. The van der Waals surface area contributed by atoms with Crippen LogP contribution in [-0.4, -0.2) is 54.4 Å². The third-order valence-electron chi connectivity index (χ3n) is 1.48. The minimum atomic E-state index is -3.43. The average Bonchev–Trinajstić information content (AvgIpc) is 1.96. The number of carbonyl (C=O) groups is 1. The number of sulfonamides is 1. The normalized spacial score (nSPS) is 14.5. The highest BCUT2D eigenvalue weighted by atomic mass is 32.2. The second kappa shape index (κ2) is 4.54. The molecule has 0 aliphatic rings. The zero-order chi connectivity index (χ0) is 10.6. The summed E-state index contributed by atoms with van der Waals surface area (Å²) in [7, 11) is -3.43. The molecule has 7 heteroatoms. The van der Waals surface area contributed by atoms with E-state index in [4.69, 9.17) is 10.2 Å². The third-order valence-corrected chi connectivity index (χ3v) is 2.83. The summed E-state index contributed by atoms with van der Waals surface area (Å²) in [5.74, 6) is -1.43. The molecule has 1 atom stereocenters. The van der Waals surface area contributed by atoms with E-state index in [-0.39, 0.29) is 6.54 Å². The Bertz CT molecular complexity index is 273. The molecule has 2 N–H and O–H groups in total. The van der Waals surface area contributed by atoms with Gasteiger partial charge in [0.25, 0.3) is 0 Å². The van der Waals surface area contributed by atoms with Gasteiger partial charge in [-0.05, 0) is 0 Å². The van der Waals surface area contributed by atoms with Crippen LogP contribution >= 0.6 is 0 Å². The number of nitrogens with zero attached hydrogens (tertiary/aromatic N) is 1. The summed E-state index contributed by atoms with van der Waals surface area (Å²) in [6.45, 7) is 1.30. The maximum absolute atomic E-state index is 10.9. The Morgan fingerprint density at radius 2 is 2.00 bits per heavy atom. The molecule has 0 rings (SSSR count). The van der Waals surface area contributed by atoms with E-state index in [1.54, 1.807) is 6.92 Å². The van der Waals surface area contributed by atoms with Crippen LogP contribution in [0.3, 0.4) is 0 Å².